The summed E-state index contributed by atoms with van der Waals surface area (Å²) < 4.78 is 13.2. The summed E-state index contributed by atoms with van der Waals surface area (Å²) in [6.45, 7) is 3.94. The van der Waals surface area contributed by atoms with Crippen molar-refractivity contribution < 1.29 is 9.18 Å². The molecule has 0 bridgehead atoms. The third-order valence-electron chi connectivity index (χ3n) is 1.82. The summed E-state index contributed by atoms with van der Waals surface area (Å²) in [5.41, 5.74) is -0.108. The van der Waals surface area contributed by atoms with Crippen molar-refractivity contribution >= 4 is 17.5 Å². The fourth-order valence-electron chi connectivity index (χ4n) is 1.09. The average Bonchev–Trinajstić information content (AvgIpc) is 2.18. The molecule has 2 nitrogen and oxygen atoms in total. The van der Waals surface area contributed by atoms with Gasteiger partial charge in [0.25, 0.3) is 5.91 Å². The van der Waals surface area contributed by atoms with E-state index >= 15 is 0 Å². The predicted octanol–water partition coefficient (Wildman–Crippen LogP) is 2.79. The van der Waals surface area contributed by atoms with Gasteiger partial charge >= 0.3 is 0 Å². The highest BCUT2D eigenvalue weighted by molar-refractivity contribution is 6.33. The van der Waals surface area contributed by atoms with Crippen LogP contribution in [0.2, 0.25) is 5.02 Å². The second-order valence-corrected chi connectivity index (χ2v) is 3.34. The van der Waals surface area contributed by atoms with Gasteiger partial charge in [0.15, 0.2) is 0 Å². The van der Waals surface area contributed by atoms with Gasteiger partial charge in [-0.1, -0.05) is 23.7 Å². The second-order valence-electron chi connectivity index (χ2n) is 2.93. The molecule has 0 radical (unpaired) electrons. The Labute approximate surface area is 92.7 Å². The topological polar surface area (TPSA) is 29.1 Å². The lowest BCUT2D eigenvalue weighted by Gasteiger charge is -2.06. The van der Waals surface area contributed by atoms with Crippen LogP contribution in [0.1, 0.15) is 16.8 Å². The van der Waals surface area contributed by atoms with Crippen molar-refractivity contribution in [3.8, 4) is 0 Å². The van der Waals surface area contributed by atoms with Crippen molar-refractivity contribution in [2.45, 2.75) is 6.42 Å². The molecule has 1 aromatic rings. The van der Waals surface area contributed by atoms with Crippen molar-refractivity contribution in [3.05, 3.63) is 47.3 Å². The summed E-state index contributed by atoms with van der Waals surface area (Å²) in [4.78, 5) is 11.5. The van der Waals surface area contributed by atoms with Crippen LogP contribution in [-0.2, 0) is 0 Å². The molecule has 0 saturated heterocycles. The highest BCUT2D eigenvalue weighted by Crippen LogP contribution is 2.18. The fraction of sp³-hybridized carbons (Fsp3) is 0.182. The van der Waals surface area contributed by atoms with Crippen LogP contribution in [0.5, 0.6) is 0 Å². The van der Waals surface area contributed by atoms with E-state index in [0.717, 1.165) is 0 Å². The molecule has 1 N–H and O–H groups in total. The number of nitrogens with one attached hydrogen (secondary N) is 1. The van der Waals surface area contributed by atoms with Crippen molar-refractivity contribution in [2.75, 3.05) is 6.54 Å². The van der Waals surface area contributed by atoms with Crippen molar-refractivity contribution in [3.63, 3.8) is 0 Å². The summed E-state index contributed by atoms with van der Waals surface area (Å²) in [7, 11) is 0. The zero-order chi connectivity index (χ0) is 11.3. The number of carbonyl (C=O) groups excluding carboxylic acids is 1. The van der Waals surface area contributed by atoms with Gasteiger partial charge in [0.2, 0.25) is 0 Å². The standard InChI is InChI=1S/C11H11ClFNO/c1-2-3-7-14-11(15)10-8(12)5-4-6-9(10)13/h2,4-6H,1,3,7H2,(H,14,15). The number of hydrogen-bond donors (Lipinski definition) is 1. The molecule has 0 atom stereocenters. The minimum absolute atomic E-state index is 0.108. The lowest BCUT2D eigenvalue weighted by atomic mass is 10.2. The first-order valence-electron chi connectivity index (χ1n) is 4.50. The second kappa shape index (κ2) is 5.51. The molecule has 4 heteroatoms. The lowest BCUT2D eigenvalue weighted by Crippen LogP contribution is -2.25. The van der Waals surface area contributed by atoms with Crippen LogP contribution in [0, 0.1) is 5.82 Å². The van der Waals surface area contributed by atoms with Gasteiger partial charge in [-0.15, -0.1) is 6.58 Å². The van der Waals surface area contributed by atoms with Gasteiger partial charge in [-0.05, 0) is 18.6 Å². The Morgan fingerprint density at radius 1 is 1.60 bits per heavy atom. The first-order valence-corrected chi connectivity index (χ1v) is 4.87. The number of benzene rings is 1. The Bertz CT molecular complexity index is 359. The Hall–Kier alpha value is -1.35. The molecule has 1 rings (SSSR count). The quantitative estimate of drug-likeness (QED) is 0.622. The van der Waals surface area contributed by atoms with Gasteiger partial charge in [-0.2, -0.15) is 0 Å². The van der Waals surface area contributed by atoms with Crippen molar-refractivity contribution in [1.29, 1.82) is 0 Å². The van der Waals surface area contributed by atoms with Crippen LogP contribution in [-0.4, -0.2) is 12.5 Å². The molecule has 0 aliphatic heterocycles. The smallest absolute Gasteiger partial charge is 0.255 e. The van der Waals surface area contributed by atoms with Gasteiger partial charge < -0.3 is 5.32 Å². The first kappa shape index (κ1) is 11.7. The molecule has 0 unspecified atom stereocenters. The van der Waals surface area contributed by atoms with E-state index in [1.807, 2.05) is 0 Å². The maximum absolute atomic E-state index is 13.2. The van der Waals surface area contributed by atoms with E-state index in [1.165, 1.54) is 18.2 Å². The average molecular weight is 228 g/mol. The van der Waals surface area contributed by atoms with Crippen LogP contribution in [0.15, 0.2) is 30.9 Å². The molecule has 1 amide bonds. The molecular formula is C11H11ClFNO. The summed E-state index contributed by atoms with van der Waals surface area (Å²) in [5, 5.41) is 2.66. The Balaban J connectivity index is 2.77. The third kappa shape index (κ3) is 3.06. The molecule has 0 saturated carbocycles. The SMILES string of the molecule is C=CCCNC(=O)c1c(F)cccc1Cl. The summed E-state index contributed by atoms with van der Waals surface area (Å²) >= 11 is 5.72. The highest BCUT2D eigenvalue weighted by Gasteiger charge is 2.14. The largest absolute Gasteiger partial charge is 0.352 e. The van der Waals surface area contributed by atoms with Gasteiger partial charge in [-0.3, -0.25) is 4.79 Å². The molecule has 0 spiro atoms. The number of amides is 1. The number of rotatable bonds is 4. The van der Waals surface area contributed by atoms with Gasteiger partial charge in [0.05, 0.1) is 10.6 Å². The van der Waals surface area contributed by atoms with E-state index < -0.39 is 11.7 Å². The zero-order valence-electron chi connectivity index (χ0n) is 8.09. The van der Waals surface area contributed by atoms with Crippen LogP contribution >= 0.6 is 11.6 Å². The molecule has 0 fully saturated rings. The molecule has 0 aromatic heterocycles. The van der Waals surface area contributed by atoms with E-state index in [0.29, 0.717) is 13.0 Å². The normalized spacial score (nSPS) is 9.73. The fourth-order valence-corrected chi connectivity index (χ4v) is 1.34. The van der Waals surface area contributed by atoms with E-state index in [1.54, 1.807) is 6.08 Å². The van der Waals surface area contributed by atoms with E-state index in [-0.39, 0.29) is 10.6 Å². The Morgan fingerprint density at radius 2 is 2.33 bits per heavy atom. The number of carbonyl (C=O) groups is 1. The zero-order valence-corrected chi connectivity index (χ0v) is 8.85. The minimum atomic E-state index is -0.612. The van der Waals surface area contributed by atoms with E-state index in [4.69, 9.17) is 11.6 Å². The first-order chi connectivity index (χ1) is 7.16. The molecule has 15 heavy (non-hydrogen) atoms. The van der Waals surface area contributed by atoms with Gasteiger partial charge in [-0.25, -0.2) is 4.39 Å². The van der Waals surface area contributed by atoms with Crippen LogP contribution in [0.3, 0.4) is 0 Å². The maximum atomic E-state index is 13.2. The van der Waals surface area contributed by atoms with Gasteiger partial charge in [0.1, 0.15) is 5.82 Å². The number of halogens is 2. The molecule has 1 aromatic carbocycles. The molecule has 0 aliphatic carbocycles. The maximum Gasteiger partial charge on any atom is 0.255 e. The molecule has 0 heterocycles. The highest BCUT2D eigenvalue weighted by atomic mass is 35.5. The van der Waals surface area contributed by atoms with Gasteiger partial charge in [0, 0.05) is 6.54 Å². The predicted molar refractivity (Wildman–Crippen MR) is 58.6 cm³/mol. The number of hydrogen-bond acceptors (Lipinski definition) is 1. The summed E-state index contributed by atoms with van der Waals surface area (Å²) in [6, 6.07) is 4.14. The summed E-state index contributed by atoms with van der Waals surface area (Å²) in [6.07, 6.45) is 2.31. The van der Waals surface area contributed by atoms with Crippen molar-refractivity contribution in [2.24, 2.45) is 0 Å². The van der Waals surface area contributed by atoms with Crippen LogP contribution < -0.4 is 5.32 Å². The molecular weight excluding hydrogens is 217 g/mol. The lowest BCUT2D eigenvalue weighted by molar-refractivity contribution is 0.0950. The molecule has 80 valence electrons. The van der Waals surface area contributed by atoms with Crippen molar-refractivity contribution in [1.82, 2.24) is 5.32 Å². The summed E-state index contributed by atoms with van der Waals surface area (Å²) in [5.74, 6) is -1.11. The third-order valence-corrected chi connectivity index (χ3v) is 2.14. The van der Waals surface area contributed by atoms with Crippen LogP contribution in [0.4, 0.5) is 4.39 Å². The minimum Gasteiger partial charge on any atom is -0.352 e. The monoisotopic (exact) mass is 227 g/mol. The van der Waals surface area contributed by atoms with E-state index in [9.17, 15) is 9.18 Å². The van der Waals surface area contributed by atoms with E-state index in [2.05, 4.69) is 11.9 Å². The Morgan fingerprint density at radius 3 is 2.93 bits per heavy atom. The van der Waals surface area contributed by atoms with Crippen LogP contribution in [0.25, 0.3) is 0 Å². The molecule has 0 aliphatic rings. The Kier molecular flexibility index (Phi) is 4.31.